The first-order chi connectivity index (χ1) is 11.3. The van der Waals surface area contributed by atoms with Crippen molar-refractivity contribution in [3.8, 4) is 22.8 Å². The fraction of sp³-hybridized carbons (Fsp3) is 0.105. The Bertz CT molecular complexity index is 790. The molecule has 116 valence electrons. The highest BCUT2D eigenvalue weighted by atomic mass is 35.5. The summed E-state index contributed by atoms with van der Waals surface area (Å²) < 4.78 is 11.4. The molecule has 0 radical (unpaired) electrons. The molecule has 3 aromatic rings. The van der Waals surface area contributed by atoms with Crippen LogP contribution in [-0.2, 0) is 6.61 Å². The van der Waals surface area contributed by atoms with Crippen molar-refractivity contribution >= 4 is 11.6 Å². The van der Waals surface area contributed by atoms with Crippen LogP contribution in [0.5, 0.6) is 11.5 Å². The molecule has 0 atom stereocenters. The zero-order chi connectivity index (χ0) is 16.1. The van der Waals surface area contributed by atoms with E-state index in [2.05, 4.69) is 4.98 Å². The highest BCUT2D eigenvalue weighted by Gasteiger charge is 2.13. The van der Waals surface area contributed by atoms with Crippen molar-refractivity contribution in [3.63, 3.8) is 0 Å². The molecule has 0 amide bonds. The second-order valence-corrected chi connectivity index (χ2v) is 5.34. The number of nitrogens with zero attached hydrogens (tertiary/aromatic N) is 1. The summed E-state index contributed by atoms with van der Waals surface area (Å²) in [6.07, 6.45) is 0. The highest BCUT2D eigenvalue weighted by Crippen LogP contribution is 2.35. The quantitative estimate of drug-likeness (QED) is 0.619. The summed E-state index contributed by atoms with van der Waals surface area (Å²) in [6, 6.07) is 21.2. The molecule has 1 heterocycles. The van der Waals surface area contributed by atoms with Crippen LogP contribution in [0.4, 0.5) is 0 Å². The second-order valence-electron chi connectivity index (χ2n) is 4.96. The average Bonchev–Trinajstić information content (AvgIpc) is 2.61. The maximum atomic E-state index is 6.07. The van der Waals surface area contributed by atoms with Crippen LogP contribution in [-0.4, -0.2) is 12.1 Å². The first-order valence-electron chi connectivity index (χ1n) is 7.24. The van der Waals surface area contributed by atoms with Crippen molar-refractivity contribution in [1.29, 1.82) is 0 Å². The lowest BCUT2D eigenvalue weighted by Crippen LogP contribution is -1.99. The molecule has 3 nitrogen and oxygen atoms in total. The molecule has 0 saturated carbocycles. The molecule has 0 unspecified atom stereocenters. The summed E-state index contributed by atoms with van der Waals surface area (Å²) in [7, 11) is 1.63. The topological polar surface area (TPSA) is 31.4 Å². The van der Waals surface area contributed by atoms with E-state index in [1.807, 2.05) is 60.7 Å². The average molecular weight is 326 g/mol. The minimum atomic E-state index is 0.415. The van der Waals surface area contributed by atoms with Gasteiger partial charge in [-0.2, -0.15) is 0 Å². The fourth-order valence-electron chi connectivity index (χ4n) is 2.31. The van der Waals surface area contributed by atoms with Gasteiger partial charge >= 0.3 is 0 Å². The second kappa shape index (κ2) is 7.16. The van der Waals surface area contributed by atoms with Gasteiger partial charge < -0.3 is 9.47 Å². The number of benzene rings is 2. The fourth-order valence-corrected chi connectivity index (χ4v) is 2.46. The van der Waals surface area contributed by atoms with E-state index < -0.39 is 0 Å². The molecule has 0 spiro atoms. The molecule has 0 saturated heterocycles. The van der Waals surface area contributed by atoms with E-state index in [0.29, 0.717) is 23.2 Å². The Kier molecular flexibility index (Phi) is 4.79. The van der Waals surface area contributed by atoms with Crippen molar-refractivity contribution in [2.24, 2.45) is 0 Å². The molecule has 23 heavy (non-hydrogen) atoms. The van der Waals surface area contributed by atoms with E-state index in [0.717, 1.165) is 16.9 Å². The standard InChI is InChI=1S/C19H16ClNO2/c1-22-16-10-6-5-9-15(16)19-17(11-12-18(20)21-19)23-13-14-7-3-2-4-8-14/h2-12H,13H2,1H3. The molecular weight excluding hydrogens is 310 g/mol. The van der Waals surface area contributed by atoms with Crippen LogP contribution in [0.25, 0.3) is 11.3 Å². The molecule has 3 rings (SSSR count). The van der Waals surface area contributed by atoms with E-state index >= 15 is 0 Å². The summed E-state index contributed by atoms with van der Waals surface area (Å²) in [5.74, 6) is 1.40. The number of rotatable bonds is 5. The molecule has 0 fully saturated rings. The minimum absolute atomic E-state index is 0.415. The van der Waals surface area contributed by atoms with Gasteiger partial charge in [-0.05, 0) is 29.8 Å². The van der Waals surface area contributed by atoms with Crippen LogP contribution >= 0.6 is 11.6 Å². The highest BCUT2D eigenvalue weighted by molar-refractivity contribution is 6.29. The van der Waals surface area contributed by atoms with Gasteiger partial charge in [-0.15, -0.1) is 0 Å². The maximum absolute atomic E-state index is 6.07. The van der Waals surface area contributed by atoms with E-state index in [1.165, 1.54) is 0 Å². The van der Waals surface area contributed by atoms with Crippen LogP contribution in [0.2, 0.25) is 5.15 Å². The van der Waals surface area contributed by atoms with E-state index in [9.17, 15) is 0 Å². The van der Waals surface area contributed by atoms with Gasteiger partial charge in [-0.1, -0.05) is 54.1 Å². The number of pyridine rings is 1. The van der Waals surface area contributed by atoms with Gasteiger partial charge in [0.1, 0.15) is 29.0 Å². The van der Waals surface area contributed by atoms with Crippen molar-refractivity contribution in [2.45, 2.75) is 6.61 Å². The minimum Gasteiger partial charge on any atom is -0.496 e. The monoisotopic (exact) mass is 325 g/mol. The van der Waals surface area contributed by atoms with Crippen LogP contribution < -0.4 is 9.47 Å². The first kappa shape index (κ1) is 15.4. The number of aromatic nitrogens is 1. The molecule has 0 bridgehead atoms. The van der Waals surface area contributed by atoms with Gasteiger partial charge in [0.15, 0.2) is 0 Å². The third kappa shape index (κ3) is 3.63. The van der Waals surface area contributed by atoms with Crippen molar-refractivity contribution < 1.29 is 9.47 Å². The third-order valence-electron chi connectivity index (χ3n) is 3.42. The first-order valence-corrected chi connectivity index (χ1v) is 7.62. The Morgan fingerprint density at radius 3 is 2.39 bits per heavy atom. The Hall–Kier alpha value is -2.52. The molecule has 0 N–H and O–H groups in total. The lowest BCUT2D eigenvalue weighted by molar-refractivity contribution is 0.306. The number of hydrogen-bond acceptors (Lipinski definition) is 3. The van der Waals surface area contributed by atoms with E-state index in [-0.39, 0.29) is 0 Å². The molecule has 0 aliphatic heterocycles. The van der Waals surface area contributed by atoms with Gasteiger partial charge in [0.2, 0.25) is 0 Å². The lowest BCUT2D eigenvalue weighted by Gasteiger charge is -2.13. The number of ether oxygens (including phenoxy) is 2. The molecular formula is C19H16ClNO2. The van der Waals surface area contributed by atoms with Crippen LogP contribution in [0.3, 0.4) is 0 Å². The summed E-state index contributed by atoms with van der Waals surface area (Å²) in [4.78, 5) is 4.42. The number of hydrogen-bond donors (Lipinski definition) is 0. The Labute approximate surface area is 140 Å². The number of methoxy groups -OCH3 is 1. The van der Waals surface area contributed by atoms with Gasteiger partial charge in [0.05, 0.1) is 7.11 Å². The number of halogens is 1. The molecule has 1 aromatic heterocycles. The van der Waals surface area contributed by atoms with Crippen LogP contribution in [0.15, 0.2) is 66.7 Å². The summed E-state index contributed by atoms with van der Waals surface area (Å²) in [5, 5.41) is 0.415. The van der Waals surface area contributed by atoms with Crippen LogP contribution in [0.1, 0.15) is 5.56 Å². The van der Waals surface area contributed by atoms with Gasteiger partial charge in [0, 0.05) is 5.56 Å². The largest absolute Gasteiger partial charge is 0.496 e. The predicted octanol–water partition coefficient (Wildman–Crippen LogP) is 4.99. The smallest absolute Gasteiger partial charge is 0.146 e. The summed E-state index contributed by atoms with van der Waals surface area (Å²) in [6.45, 7) is 0.465. The molecule has 0 aliphatic carbocycles. The van der Waals surface area contributed by atoms with E-state index in [4.69, 9.17) is 21.1 Å². The maximum Gasteiger partial charge on any atom is 0.146 e. The Morgan fingerprint density at radius 1 is 0.870 bits per heavy atom. The number of para-hydroxylation sites is 1. The zero-order valence-corrected chi connectivity index (χ0v) is 13.5. The Balaban J connectivity index is 1.95. The zero-order valence-electron chi connectivity index (χ0n) is 12.7. The lowest BCUT2D eigenvalue weighted by atomic mass is 10.1. The molecule has 4 heteroatoms. The van der Waals surface area contributed by atoms with Crippen molar-refractivity contribution in [1.82, 2.24) is 4.98 Å². The Morgan fingerprint density at radius 2 is 1.61 bits per heavy atom. The summed E-state index contributed by atoms with van der Waals surface area (Å²) >= 11 is 6.07. The SMILES string of the molecule is COc1ccccc1-c1nc(Cl)ccc1OCc1ccccc1. The predicted molar refractivity (Wildman–Crippen MR) is 92.0 cm³/mol. The molecule has 0 aliphatic rings. The van der Waals surface area contributed by atoms with Crippen molar-refractivity contribution in [3.05, 3.63) is 77.4 Å². The van der Waals surface area contributed by atoms with Gasteiger partial charge in [-0.25, -0.2) is 4.98 Å². The normalized spacial score (nSPS) is 10.3. The van der Waals surface area contributed by atoms with Crippen molar-refractivity contribution in [2.75, 3.05) is 7.11 Å². The van der Waals surface area contributed by atoms with E-state index in [1.54, 1.807) is 13.2 Å². The van der Waals surface area contributed by atoms with Crippen LogP contribution in [0, 0.1) is 0 Å². The van der Waals surface area contributed by atoms with Gasteiger partial charge in [-0.3, -0.25) is 0 Å². The molecule has 2 aromatic carbocycles. The van der Waals surface area contributed by atoms with Gasteiger partial charge in [0.25, 0.3) is 0 Å². The summed E-state index contributed by atoms with van der Waals surface area (Å²) in [5.41, 5.74) is 2.61. The third-order valence-corrected chi connectivity index (χ3v) is 3.63.